The van der Waals surface area contributed by atoms with Gasteiger partial charge in [-0.3, -0.25) is 9.59 Å². The Labute approximate surface area is 149 Å². The minimum atomic E-state index is -0.0131. The number of nitrogens with zero attached hydrogens (tertiary/aromatic N) is 1. The molecule has 132 valence electrons. The van der Waals surface area contributed by atoms with Crippen molar-refractivity contribution in [3.05, 3.63) is 71.3 Å². The van der Waals surface area contributed by atoms with E-state index in [4.69, 9.17) is 0 Å². The summed E-state index contributed by atoms with van der Waals surface area (Å²) in [5, 5.41) is 2.91. The fourth-order valence-electron chi connectivity index (χ4n) is 2.71. The highest BCUT2D eigenvalue weighted by atomic mass is 16.2. The molecule has 0 aliphatic rings. The van der Waals surface area contributed by atoms with Crippen LogP contribution < -0.4 is 5.32 Å². The van der Waals surface area contributed by atoms with E-state index in [9.17, 15) is 9.59 Å². The summed E-state index contributed by atoms with van der Waals surface area (Å²) in [4.78, 5) is 25.6. The van der Waals surface area contributed by atoms with Crippen molar-refractivity contribution < 1.29 is 9.59 Å². The third-order valence-electron chi connectivity index (χ3n) is 4.27. The summed E-state index contributed by atoms with van der Waals surface area (Å²) in [6.07, 6.45) is 1.19. The molecule has 0 spiro atoms. The topological polar surface area (TPSA) is 49.4 Å². The van der Waals surface area contributed by atoms with Crippen LogP contribution in [0.2, 0.25) is 0 Å². The van der Waals surface area contributed by atoms with Crippen molar-refractivity contribution in [2.75, 3.05) is 19.6 Å². The fraction of sp³-hybridized carbons (Fsp3) is 0.333. The first-order valence-electron chi connectivity index (χ1n) is 8.67. The van der Waals surface area contributed by atoms with E-state index in [0.717, 1.165) is 17.5 Å². The monoisotopic (exact) mass is 338 g/mol. The summed E-state index contributed by atoms with van der Waals surface area (Å²) >= 11 is 0. The standard InChI is InChI=1S/C21H26N2O2/c1-17-8-6-7-11-20(17)16-21(25)22-13-15-23(18(2)24)14-12-19-9-4-3-5-10-19/h3-11H,12-16H2,1-2H3,(H,22,25). The van der Waals surface area contributed by atoms with Crippen molar-refractivity contribution in [2.45, 2.75) is 26.7 Å². The summed E-state index contributed by atoms with van der Waals surface area (Å²) < 4.78 is 0. The Morgan fingerprint density at radius 2 is 1.64 bits per heavy atom. The van der Waals surface area contributed by atoms with Gasteiger partial charge in [0.05, 0.1) is 6.42 Å². The molecular formula is C21H26N2O2. The summed E-state index contributed by atoms with van der Waals surface area (Å²) in [5.74, 6) is 0.0185. The van der Waals surface area contributed by atoms with Crippen LogP contribution in [0.5, 0.6) is 0 Å². The highest BCUT2D eigenvalue weighted by molar-refractivity contribution is 5.79. The second-order valence-corrected chi connectivity index (χ2v) is 6.19. The Kier molecular flexibility index (Phi) is 7.20. The van der Waals surface area contributed by atoms with Crippen LogP contribution in [0.4, 0.5) is 0 Å². The molecule has 0 bridgehead atoms. The van der Waals surface area contributed by atoms with Crippen molar-refractivity contribution in [2.24, 2.45) is 0 Å². The van der Waals surface area contributed by atoms with Crippen LogP contribution in [-0.2, 0) is 22.4 Å². The molecule has 2 aromatic carbocycles. The Morgan fingerprint density at radius 3 is 2.32 bits per heavy atom. The van der Waals surface area contributed by atoms with Gasteiger partial charge in [-0.15, -0.1) is 0 Å². The average Bonchev–Trinajstić information content (AvgIpc) is 2.60. The number of rotatable bonds is 8. The van der Waals surface area contributed by atoms with Gasteiger partial charge in [-0.25, -0.2) is 0 Å². The normalized spacial score (nSPS) is 10.3. The maximum Gasteiger partial charge on any atom is 0.224 e. The first kappa shape index (κ1) is 18.7. The molecule has 25 heavy (non-hydrogen) atoms. The molecule has 1 N–H and O–H groups in total. The number of benzene rings is 2. The van der Waals surface area contributed by atoms with Gasteiger partial charge in [0.1, 0.15) is 0 Å². The number of aryl methyl sites for hydroxylation is 1. The van der Waals surface area contributed by atoms with Gasteiger partial charge in [0.15, 0.2) is 0 Å². The second kappa shape index (κ2) is 9.62. The van der Waals surface area contributed by atoms with Crippen LogP contribution in [0.3, 0.4) is 0 Å². The Morgan fingerprint density at radius 1 is 0.960 bits per heavy atom. The predicted octanol–water partition coefficient (Wildman–Crippen LogP) is 2.74. The molecule has 0 heterocycles. The van der Waals surface area contributed by atoms with E-state index < -0.39 is 0 Å². The van der Waals surface area contributed by atoms with Crippen molar-refractivity contribution in [1.29, 1.82) is 0 Å². The maximum atomic E-state index is 12.1. The van der Waals surface area contributed by atoms with E-state index in [0.29, 0.717) is 26.1 Å². The quantitative estimate of drug-likeness (QED) is 0.804. The number of carbonyl (C=O) groups is 2. The molecule has 4 heteroatoms. The average molecular weight is 338 g/mol. The second-order valence-electron chi connectivity index (χ2n) is 6.19. The lowest BCUT2D eigenvalue weighted by Gasteiger charge is -2.21. The van der Waals surface area contributed by atoms with E-state index in [1.807, 2.05) is 49.4 Å². The smallest absolute Gasteiger partial charge is 0.224 e. The minimum Gasteiger partial charge on any atom is -0.354 e. The molecule has 0 saturated carbocycles. The Bertz CT molecular complexity index is 698. The first-order valence-corrected chi connectivity index (χ1v) is 8.67. The third kappa shape index (κ3) is 6.42. The van der Waals surface area contributed by atoms with Gasteiger partial charge < -0.3 is 10.2 Å². The van der Waals surface area contributed by atoms with Gasteiger partial charge in [-0.1, -0.05) is 54.6 Å². The molecule has 0 unspecified atom stereocenters. The lowest BCUT2D eigenvalue weighted by Crippen LogP contribution is -2.39. The molecule has 0 aliphatic carbocycles. The molecule has 0 radical (unpaired) electrons. The molecule has 2 rings (SSSR count). The molecule has 0 saturated heterocycles. The molecule has 0 fully saturated rings. The van der Waals surface area contributed by atoms with E-state index in [-0.39, 0.29) is 11.8 Å². The zero-order chi connectivity index (χ0) is 18.1. The minimum absolute atomic E-state index is 0.0131. The lowest BCUT2D eigenvalue weighted by molar-refractivity contribution is -0.129. The predicted molar refractivity (Wildman–Crippen MR) is 100 cm³/mol. The van der Waals surface area contributed by atoms with Gasteiger partial charge >= 0.3 is 0 Å². The van der Waals surface area contributed by atoms with Crippen molar-refractivity contribution in [1.82, 2.24) is 10.2 Å². The SMILES string of the molecule is CC(=O)N(CCNC(=O)Cc1ccccc1C)CCc1ccccc1. The molecule has 0 aromatic heterocycles. The molecule has 0 atom stereocenters. The molecular weight excluding hydrogens is 312 g/mol. The van der Waals surface area contributed by atoms with E-state index in [2.05, 4.69) is 17.4 Å². The highest BCUT2D eigenvalue weighted by Crippen LogP contribution is 2.07. The summed E-state index contributed by atoms with van der Waals surface area (Å²) in [5.41, 5.74) is 3.36. The number of hydrogen-bond donors (Lipinski definition) is 1. The summed E-state index contributed by atoms with van der Waals surface area (Å²) in [6.45, 7) is 5.23. The number of hydrogen-bond acceptors (Lipinski definition) is 2. The van der Waals surface area contributed by atoms with Gasteiger partial charge in [-0.05, 0) is 30.0 Å². The number of nitrogens with one attached hydrogen (secondary N) is 1. The van der Waals surface area contributed by atoms with Gasteiger partial charge in [0.25, 0.3) is 0 Å². The largest absolute Gasteiger partial charge is 0.354 e. The van der Waals surface area contributed by atoms with Crippen LogP contribution in [-0.4, -0.2) is 36.3 Å². The third-order valence-corrected chi connectivity index (χ3v) is 4.27. The van der Waals surface area contributed by atoms with Crippen molar-refractivity contribution in [3.8, 4) is 0 Å². The van der Waals surface area contributed by atoms with E-state index in [1.165, 1.54) is 5.56 Å². The molecule has 2 aromatic rings. The first-order chi connectivity index (χ1) is 12.1. The Balaban J connectivity index is 1.76. The fourth-order valence-corrected chi connectivity index (χ4v) is 2.71. The van der Waals surface area contributed by atoms with Crippen LogP contribution in [0.15, 0.2) is 54.6 Å². The van der Waals surface area contributed by atoms with Gasteiger partial charge in [0.2, 0.25) is 11.8 Å². The Hall–Kier alpha value is -2.62. The van der Waals surface area contributed by atoms with Crippen molar-refractivity contribution in [3.63, 3.8) is 0 Å². The van der Waals surface area contributed by atoms with Crippen LogP contribution >= 0.6 is 0 Å². The highest BCUT2D eigenvalue weighted by Gasteiger charge is 2.10. The van der Waals surface area contributed by atoms with E-state index in [1.54, 1.807) is 11.8 Å². The molecule has 0 aliphatic heterocycles. The van der Waals surface area contributed by atoms with Crippen LogP contribution in [0.25, 0.3) is 0 Å². The summed E-state index contributed by atoms with van der Waals surface area (Å²) in [7, 11) is 0. The maximum absolute atomic E-state index is 12.1. The zero-order valence-electron chi connectivity index (χ0n) is 15.0. The van der Waals surface area contributed by atoms with Gasteiger partial charge in [-0.2, -0.15) is 0 Å². The van der Waals surface area contributed by atoms with E-state index >= 15 is 0 Å². The summed E-state index contributed by atoms with van der Waals surface area (Å²) in [6, 6.07) is 18.0. The lowest BCUT2D eigenvalue weighted by atomic mass is 10.1. The number of amides is 2. The van der Waals surface area contributed by atoms with Crippen molar-refractivity contribution >= 4 is 11.8 Å². The van der Waals surface area contributed by atoms with Gasteiger partial charge in [0, 0.05) is 26.6 Å². The molecule has 4 nitrogen and oxygen atoms in total. The van der Waals surface area contributed by atoms with Crippen LogP contribution in [0, 0.1) is 6.92 Å². The van der Waals surface area contributed by atoms with Crippen LogP contribution in [0.1, 0.15) is 23.6 Å². The number of carbonyl (C=O) groups excluding carboxylic acids is 2. The molecule has 2 amide bonds. The zero-order valence-corrected chi connectivity index (χ0v) is 15.0.